The summed E-state index contributed by atoms with van der Waals surface area (Å²) in [5.41, 5.74) is 5.13. The largest absolute Gasteiger partial charge is 0.378 e. The van der Waals surface area contributed by atoms with Gasteiger partial charge in [-0.2, -0.15) is 0 Å². The van der Waals surface area contributed by atoms with Gasteiger partial charge in [0, 0.05) is 40.9 Å². The van der Waals surface area contributed by atoms with Crippen LogP contribution in [0.3, 0.4) is 0 Å². The Hall–Kier alpha value is -3.94. The Morgan fingerprint density at radius 1 is 1.09 bits per heavy atom. The molecule has 1 amide bonds. The van der Waals surface area contributed by atoms with E-state index < -0.39 is 0 Å². The van der Waals surface area contributed by atoms with Crippen LogP contribution in [-0.2, 0) is 9.53 Å². The molecule has 3 aromatic carbocycles. The zero-order valence-electron chi connectivity index (χ0n) is 19.0. The van der Waals surface area contributed by atoms with E-state index in [4.69, 9.17) is 21.3 Å². The van der Waals surface area contributed by atoms with Gasteiger partial charge in [0.15, 0.2) is 0 Å². The summed E-state index contributed by atoms with van der Waals surface area (Å²) in [5, 5.41) is 7.79. The number of amides is 1. The number of morpholine rings is 1. The first-order valence-electron chi connectivity index (χ1n) is 11.3. The Balaban J connectivity index is 1.49. The molecule has 0 unspecified atom stereocenters. The highest BCUT2D eigenvalue weighted by atomic mass is 35.5. The minimum absolute atomic E-state index is 0.273. The molecule has 2 N–H and O–H groups in total. The summed E-state index contributed by atoms with van der Waals surface area (Å²) in [7, 11) is 0. The third-order valence-electron chi connectivity index (χ3n) is 5.79. The number of hydrogen-bond donors (Lipinski definition) is 2. The highest BCUT2D eigenvalue weighted by Gasteiger charge is 2.17. The first-order chi connectivity index (χ1) is 17.1. The number of halogens is 1. The van der Waals surface area contributed by atoms with Crippen molar-refractivity contribution in [3.05, 3.63) is 84.5 Å². The first kappa shape index (κ1) is 22.8. The van der Waals surface area contributed by atoms with Crippen molar-refractivity contribution < 1.29 is 9.53 Å². The van der Waals surface area contributed by atoms with Gasteiger partial charge < -0.3 is 20.3 Å². The molecule has 1 aliphatic heterocycles. The quantitative estimate of drug-likeness (QED) is 0.343. The Bertz CT molecular complexity index is 1400. The van der Waals surface area contributed by atoms with E-state index in [0.29, 0.717) is 29.9 Å². The van der Waals surface area contributed by atoms with E-state index in [1.807, 2.05) is 60.7 Å². The predicted molar refractivity (Wildman–Crippen MR) is 142 cm³/mol. The number of para-hydroxylation sites is 1. The predicted octanol–water partition coefficient (Wildman–Crippen LogP) is 5.65. The summed E-state index contributed by atoms with van der Waals surface area (Å²) in [5.74, 6) is 0.178. The second-order valence-corrected chi connectivity index (χ2v) is 8.53. The Morgan fingerprint density at radius 2 is 1.91 bits per heavy atom. The van der Waals surface area contributed by atoms with Gasteiger partial charge in [-0.15, -0.1) is 0 Å². The highest BCUT2D eigenvalue weighted by molar-refractivity contribution is 6.30. The maximum atomic E-state index is 12.1. The lowest BCUT2D eigenvalue weighted by Crippen LogP contribution is -2.36. The van der Waals surface area contributed by atoms with Gasteiger partial charge in [0.05, 0.1) is 30.1 Å². The maximum absolute atomic E-state index is 12.1. The van der Waals surface area contributed by atoms with Crippen molar-refractivity contribution in [3.8, 4) is 11.1 Å². The van der Waals surface area contributed by atoms with E-state index in [-0.39, 0.29) is 5.91 Å². The average molecular weight is 486 g/mol. The van der Waals surface area contributed by atoms with Gasteiger partial charge in [-0.1, -0.05) is 48.5 Å². The molecular formula is C27H24ClN5O2. The minimum Gasteiger partial charge on any atom is -0.378 e. The summed E-state index contributed by atoms with van der Waals surface area (Å²) in [6.07, 6.45) is 3.05. The van der Waals surface area contributed by atoms with Gasteiger partial charge in [0.1, 0.15) is 0 Å². The number of aromatic nitrogens is 2. The normalized spacial score (nSPS) is 13.5. The molecule has 176 valence electrons. The number of benzene rings is 3. The standard InChI is InChI=1S/C27H24ClN5O2/c1-2-25(34)31-23-16-21(9-10-24(23)33-11-13-35-14-12-33)30-27-29-17-19-6-4-8-22(26(19)32-27)18-5-3-7-20(28)15-18/h2-10,15-17H,1,11-14H2,(H,31,34)(H,29,30,32). The van der Waals surface area contributed by atoms with Crippen molar-refractivity contribution >= 4 is 51.4 Å². The number of nitrogens with zero attached hydrogens (tertiary/aromatic N) is 3. The van der Waals surface area contributed by atoms with Gasteiger partial charge in [-0.05, 0) is 42.0 Å². The second kappa shape index (κ2) is 10.1. The summed E-state index contributed by atoms with van der Waals surface area (Å²) < 4.78 is 5.47. The molecule has 1 saturated heterocycles. The molecule has 35 heavy (non-hydrogen) atoms. The molecule has 0 atom stereocenters. The van der Waals surface area contributed by atoms with E-state index in [0.717, 1.165) is 46.5 Å². The molecular weight excluding hydrogens is 462 g/mol. The highest BCUT2D eigenvalue weighted by Crippen LogP contribution is 2.32. The van der Waals surface area contributed by atoms with Crippen LogP contribution in [0.5, 0.6) is 0 Å². The smallest absolute Gasteiger partial charge is 0.247 e. The summed E-state index contributed by atoms with van der Waals surface area (Å²) in [6, 6.07) is 19.5. The Labute approximate surface area is 208 Å². The van der Waals surface area contributed by atoms with Crippen molar-refractivity contribution in [2.45, 2.75) is 0 Å². The number of carbonyl (C=O) groups excluding carboxylic acids is 1. The first-order valence-corrected chi connectivity index (χ1v) is 11.7. The lowest BCUT2D eigenvalue weighted by Gasteiger charge is -2.30. The van der Waals surface area contributed by atoms with E-state index in [1.165, 1.54) is 6.08 Å². The number of hydrogen-bond acceptors (Lipinski definition) is 6. The van der Waals surface area contributed by atoms with Gasteiger partial charge in [0.25, 0.3) is 0 Å². The fourth-order valence-electron chi connectivity index (χ4n) is 4.11. The topological polar surface area (TPSA) is 79.4 Å². The molecule has 1 aromatic heterocycles. The SMILES string of the molecule is C=CC(=O)Nc1cc(Nc2ncc3cccc(-c4cccc(Cl)c4)c3n2)ccc1N1CCOCC1. The monoisotopic (exact) mass is 485 g/mol. The molecule has 5 rings (SSSR count). The number of ether oxygens (including phenoxy) is 1. The molecule has 0 radical (unpaired) electrons. The van der Waals surface area contributed by atoms with Crippen LogP contribution in [0.2, 0.25) is 5.02 Å². The maximum Gasteiger partial charge on any atom is 0.247 e. The Kier molecular flexibility index (Phi) is 6.61. The van der Waals surface area contributed by atoms with Crippen LogP contribution >= 0.6 is 11.6 Å². The van der Waals surface area contributed by atoms with Crippen molar-refractivity contribution in [3.63, 3.8) is 0 Å². The van der Waals surface area contributed by atoms with Crippen LogP contribution in [0.4, 0.5) is 23.0 Å². The molecule has 8 heteroatoms. The van der Waals surface area contributed by atoms with Crippen molar-refractivity contribution in [2.24, 2.45) is 0 Å². The van der Waals surface area contributed by atoms with Crippen LogP contribution < -0.4 is 15.5 Å². The van der Waals surface area contributed by atoms with Gasteiger partial charge in [-0.3, -0.25) is 4.79 Å². The number of fused-ring (bicyclic) bond motifs is 1. The van der Waals surface area contributed by atoms with E-state index >= 15 is 0 Å². The van der Waals surface area contributed by atoms with Crippen LogP contribution in [0, 0.1) is 0 Å². The summed E-state index contributed by atoms with van der Waals surface area (Å²) in [4.78, 5) is 23.6. The lowest BCUT2D eigenvalue weighted by molar-refractivity contribution is -0.111. The lowest BCUT2D eigenvalue weighted by atomic mass is 10.0. The summed E-state index contributed by atoms with van der Waals surface area (Å²) >= 11 is 6.22. The van der Waals surface area contributed by atoms with E-state index in [2.05, 4.69) is 27.1 Å². The molecule has 0 spiro atoms. The van der Waals surface area contributed by atoms with Crippen LogP contribution in [0.15, 0.2) is 79.5 Å². The molecule has 2 heterocycles. The number of rotatable bonds is 6. The average Bonchev–Trinajstić information content (AvgIpc) is 2.89. The molecule has 4 aromatic rings. The Morgan fingerprint density at radius 3 is 2.71 bits per heavy atom. The zero-order valence-corrected chi connectivity index (χ0v) is 19.8. The molecule has 1 aliphatic rings. The van der Waals surface area contributed by atoms with Gasteiger partial charge in [-0.25, -0.2) is 9.97 Å². The van der Waals surface area contributed by atoms with Crippen LogP contribution in [0.25, 0.3) is 22.0 Å². The van der Waals surface area contributed by atoms with E-state index in [1.54, 1.807) is 6.20 Å². The fourth-order valence-corrected chi connectivity index (χ4v) is 4.30. The third-order valence-corrected chi connectivity index (χ3v) is 6.03. The zero-order chi connectivity index (χ0) is 24.2. The van der Waals surface area contributed by atoms with Crippen LogP contribution in [-0.4, -0.2) is 42.2 Å². The molecule has 0 bridgehead atoms. The number of anilines is 4. The van der Waals surface area contributed by atoms with Crippen LogP contribution in [0.1, 0.15) is 0 Å². The van der Waals surface area contributed by atoms with Gasteiger partial charge >= 0.3 is 0 Å². The molecule has 1 fully saturated rings. The van der Waals surface area contributed by atoms with E-state index in [9.17, 15) is 4.79 Å². The molecule has 0 saturated carbocycles. The van der Waals surface area contributed by atoms with Crippen molar-refractivity contribution in [1.82, 2.24) is 9.97 Å². The third kappa shape index (κ3) is 5.11. The second-order valence-electron chi connectivity index (χ2n) is 8.10. The molecule has 0 aliphatic carbocycles. The minimum atomic E-state index is -0.273. The van der Waals surface area contributed by atoms with Crippen molar-refractivity contribution in [2.75, 3.05) is 41.8 Å². The summed E-state index contributed by atoms with van der Waals surface area (Å²) in [6.45, 7) is 6.37. The molecule has 7 nitrogen and oxygen atoms in total. The van der Waals surface area contributed by atoms with Gasteiger partial charge in [0.2, 0.25) is 11.9 Å². The number of nitrogens with one attached hydrogen (secondary N) is 2. The fraction of sp³-hybridized carbons (Fsp3) is 0.148. The number of carbonyl (C=O) groups is 1. The van der Waals surface area contributed by atoms with Crippen molar-refractivity contribution in [1.29, 1.82) is 0 Å².